The van der Waals surface area contributed by atoms with E-state index in [-0.39, 0.29) is 5.91 Å². The average Bonchev–Trinajstić information content (AvgIpc) is 2.45. The standard InChI is InChI=1S/C14H23N5O/c1-3-15-12-9-13(18-11(2)17-12)16-10-14(20)19-7-5-4-6-8-19/h9H,3-8,10H2,1-2H3,(H2,15,16,17,18). The van der Waals surface area contributed by atoms with Crippen LogP contribution in [0, 0.1) is 6.92 Å². The van der Waals surface area contributed by atoms with E-state index in [0.29, 0.717) is 18.2 Å². The number of amides is 1. The van der Waals surface area contributed by atoms with Crippen molar-refractivity contribution in [2.45, 2.75) is 33.1 Å². The summed E-state index contributed by atoms with van der Waals surface area (Å²) in [6.07, 6.45) is 3.46. The summed E-state index contributed by atoms with van der Waals surface area (Å²) in [5.74, 6) is 2.31. The molecule has 0 unspecified atom stereocenters. The number of carbonyl (C=O) groups excluding carboxylic acids is 1. The molecule has 1 aliphatic rings. The molecule has 1 fully saturated rings. The molecule has 0 saturated carbocycles. The van der Waals surface area contributed by atoms with Crippen molar-refractivity contribution in [2.75, 3.05) is 36.8 Å². The Morgan fingerprint density at radius 2 is 1.85 bits per heavy atom. The Labute approximate surface area is 120 Å². The Hall–Kier alpha value is -1.85. The van der Waals surface area contributed by atoms with Gasteiger partial charge >= 0.3 is 0 Å². The fourth-order valence-corrected chi connectivity index (χ4v) is 2.35. The molecule has 2 heterocycles. The van der Waals surface area contributed by atoms with E-state index in [2.05, 4.69) is 20.6 Å². The van der Waals surface area contributed by atoms with Gasteiger partial charge < -0.3 is 15.5 Å². The van der Waals surface area contributed by atoms with Crippen molar-refractivity contribution in [3.8, 4) is 0 Å². The highest BCUT2D eigenvalue weighted by molar-refractivity contribution is 5.80. The van der Waals surface area contributed by atoms with Crippen molar-refractivity contribution < 1.29 is 4.79 Å². The minimum atomic E-state index is 0.144. The minimum absolute atomic E-state index is 0.144. The molecule has 1 aromatic heterocycles. The number of carbonyl (C=O) groups is 1. The summed E-state index contributed by atoms with van der Waals surface area (Å²) in [6, 6.07) is 1.83. The van der Waals surface area contributed by atoms with E-state index in [9.17, 15) is 4.79 Å². The number of nitrogens with one attached hydrogen (secondary N) is 2. The number of nitrogens with zero attached hydrogens (tertiary/aromatic N) is 3. The number of piperidine rings is 1. The first-order valence-electron chi connectivity index (χ1n) is 7.30. The van der Waals surface area contributed by atoms with Gasteiger partial charge in [-0.05, 0) is 33.1 Å². The summed E-state index contributed by atoms with van der Waals surface area (Å²) in [5.41, 5.74) is 0. The number of rotatable bonds is 5. The molecule has 2 rings (SSSR count). The van der Waals surface area contributed by atoms with Crippen LogP contribution in [0.4, 0.5) is 11.6 Å². The Morgan fingerprint density at radius 1 is 1.20 bits per heavy atom. The summed E-state index contributed by atoms with van der Waals surface area (Å²) < 4.78 is 0. The Bertz CT molecular complexity index is 457. The lowest BCUT2D eigenvalue weighted by molar-refractivity contribution is -0.130. The Balaban J connectivity index is 1.90. The topological polar surface area (TPSA) is 70.2 Å². The molecule has 0 spiro atoms. The first-order chi connectivity index (χ1) is 9.69. The van der Waals surface area contributed by atoms with Crippen molar-refractivity contribution in [3.63, 3.8) is 0 Å². The third-order valence-corrected chi connectivity index (χ3v) is 3.33. The maximum Gasteiger partial charge on any atom is 0.241 e. The zero-order chi connectivity index (χ0) is 14.4. The molecule has 0 atom stereocenters. The third-order valence-electron chi connectivity index (χ3n) is 3.33. The van der Waals surface area contributed by atoms with Gasteiger partial charge in [0.15, 0.2) is 0 Å². The molecule has 1 aromatic rings. The molecular weight excluding hydrogens is 254 g/mol. The first-order valence-corrected chi connectivity index (χ1v) is 7.30. The Kier molecular flexibility index (Phi) is 5.15. The van der Waals surface area contributed by atoms with E-state index >= 15 is 0 Å². The molecule has 20 heavy (non-hydrogen) atoms. The van der Waals surface area contributed by atoms with E-state index in [0.717, 1.165) is 38.3 Å². The van der Waals surface area contributed by atoms with Gasteiger partial charge in [0.2, 0.25) is 5.91 Å². The van der Waals surface area contributed by atoms with Gasteiger partial charge in [-0.2, -0.15) is 0 Å². The van der Waals surface area contributed by atoms with Crippen LogP contribution < -0.4 is 10.6 Å². The molecular formula is C14H23N5O. The smallest absolute Gasteiger partial charge is 0.241 e. The summed E-state index contributed by atoms with van der Waals surface area (Å²) >= 11 is 0. The second kappa shape index (κ2) is 7.07. The van der Waals surface area contributed by atoms with E-state index in [4.69, 9.17) is 0 Å². The monoisotopic (exact) mass is 277 g/mol. The third kappa shape index (κ3) is 4.08. The minimum Gasteiger partial charge on any atom is -0.370 e. The van der Waals surface area contributed by atoms with Crippen molar-refractivity contribution in [3.05, 3.63) is 11.9 Å². The molecule has 0 radical (unpaired) electrons. The first kappa shape index (κ1) is 14.6. The van der Waals surface area contributed by atoms with Crippen molar-refractivity contribution >= 4 is 17.5 Å². The van der Waals surface area contributed by atoms with Gasteiger partial charge in [-0.15, -0.1) is 0 Å². The second-order valence-corrected chi connectivity index (χ2v) is 5.01. The summed E-state index contributed by atoms with van der Waals surface area (Å²) in [6.45, 7) is 6.73. The van der Waals surface area contributed by atoms with Gasteiger partial charge in [0.05, 0.1) is 6.54 Å². The van der Waals surface area contributed by atoms with E-state index in [1.807, 2.05) is 24.8 Å². The van der Waals surface area contributed by atoms with Crippen LogP contribution in [0.1, 0.15) is 32.0 Å². The molecule has 6 heteroatoms. The van der Waals surface area contributed by atoms with Crippen LogP contribution in [0.3, 0.4) is 0 Å². The maximum atomic E-state index is 12.1. The number of hydrogen-bond acceptors (Lipinski definition) is 5. The molecule has 6 nitrogen and oxygen atoms in total. The molecule has 0 aliphatic carbocycles. The fourth-order valence-electron chi connectivity index (χ4n) is 2.35. The number of anilines is 2. The van der Waals surface area contributed by atoms with Crippen molar-refractivity contribution in [1.29, 1.82) is 0 Å². The molecule has 110 valence electrons. The highest BCUT2D eigenvalue weighted by Crippen LogP contribution is 2.12. The molecule has 2 N–H and O–H groups in total. The Morgan fingerprint density at radius 3 is 2.50 bits per heavy atom. The summed E-state index contributed by atoms with van der Waals surface area (Å²) in [4.78, 5) is 22.6. The highest BCUT2D eigenvalue weighted by Gasteiger charge is 2.16. The molecule has 1 saturated heterocycles. The predicted molar refractivity (Wildman–Crippen MR) is 79.9 cm³/mol. The van der Waals surface area contributed by atoms with Crippen LogP contribution in [0.25, 0.3) is 0 Å². The number of aryl methyl sites for hydroxylation is 1. The fraction of sp³-hybridized carbons (Fsp3) is 0.643. The zero-order valence-corrected chi connectivity index (χ0v) is 12.3. The van der Waals surface area contributed by atoms with Crippen molar-refractivity contribution in [1.82, 2.24) is 14.9 Å². The van der Waals surface area contributed by atoms with Gasteiger partial charge in [-0.1, -0.05) is 0 Å². The van der Waals surface area contributed by atoms with Gasteiger partial charge in [0, 0.05) is 25.7 Å². The van der Waals surface area contributed by atoms with Gasteiger partial charge in [0.1, 0.15) is 17.5 Å². The van der Waals surface area contributed by atoms with E-state index < -0.39 is 0 Å². The van der Waals surface area contributed by atoms with Crippen LogP contribution in [0.15, 0.2) is 6.07 Å². The maximum absolute atomic E-state index is 12.1. The van der Waals surface area contributed by atoms with E-state index in [1.165, 1.54) is 6.42 Å². The summed E-state index contributed by atoms with van der Waals surface area (Å²) in [7, 11) is 0. The quantitative estimate of drug-likeness (QED) is 0.856. The predicted octanol–water partition coefficient (Wildman–Crippen LogP) is 1.64. The largest absolute Gasteiger partial charge is 0.370 e. The van der Waals surface area contributed by atoms with Crippen molar-refractivity contribution in [2.24, 2.45) is 0 Å². The van der Waals surface area contributed by atoms with Gasteiger partial charge in [-0.3, -0.25) is 4.79 Å². The molecule has 1 amide bonds. The van der Waals surface area contributed by atoms with Gasteiger partial charge in [-0.25, -0.2) is 9.97 Å². The van der Waals surface area contributed by atoms with Crippen LogP contribution in [-0.2, 0) is 4.79 Å². The lowest BCUT2D eigenvalue weighted by Gasteiger charge is -2.26. The second-order valence-electron chi connectivity index (χ2n) is 5.01. The SMILES string of the molecule is CCNc1cc(NCC(=O)N2CCCCC2)nc(C)n1. The van der Waals surface area contributed by atoms with Gasteiger partial charge in [0.25, 0.3) is 0 Å². The molecule has 1 aliphatic heterocycles. The van der Waals surface area contributed by atoms with Crippen LogP contribution in [-0.4, -0.2) is 47.0 Å². The summed E-state index contributed by atoms with van der Waals surface area (Å²) in [5, 5.41) is 6.25. The number of likely N-dealkylation sites (tertiary alicyclic amines) is 1. The van der Waals surface area contributed by atoms with E-state index in [1.54, 1.807) is 0 Å². The molecule has 0 bridgehead atoms. The average molecular weight is 277 g/mol. The lowest BCUT2D eigenvalue weighted by atomic mass is 10.1. The number of aromatic nitrogens is 2. The lowest BCUT2D eigenvalue weighted by Crippen LogP contribution is -2.39. The van der Waals surface area contributed by atoms with Crippen LogP contribution in [0.2, 0.25) is 0 Å². The number of hydrogen-bond donors (Lipinski definition) is 2. The van der Waals surface area contributed by atoms with Crippen LogP contribution >= 0.6 is 0 Å². The zero-order valence-electron chi connectivity index (χ0n) is 12.3. The highest BCUT2D eigenvalue weighted by atomic mass is 16.2. The normalized spacial score (nSPS) is 15.0. The van der Waals surface area contributed by atoms with Crippen LogP contribution in [0.5, 0.6) is 0 Å². The molecule has 0 aromatic carbocycles.